The molecule has 0 unspecified atom stereocenters. The van der Waals surface area contributed by atoms with Gasteiger partial charge in [0.05, 0.1) is 13.7 Å². The fourth-order valence-electron chi connectivity index (χ4n) is 2.52. The molecule has 1 aliphatic rings. The quantitative estimate of drug-likeness (QED) is 0.889. The lowest BCUT2D eigenvalue weighted by molar-refractivity contribution is 0.0583. The number of benzene rings is 1. The highest BCUT2D eigenvalue weighted by Crippen LogP contribution is 2.34. The van der Waals surface area contributed by atoms with Gasteiger partial charge in [-0.25, -0.2) is 0 Å². The van der Waals surface area contributed by atoms with Gasteiger partial charge in [0.1, 0.15) is 0 Å². The van der Waals surface area contributed by atoms with E-state index in [1.54, 1.807) is 7.11 Å². The number of methoxy groups -OCH3 is 1. The van der Waals surface area contributed by atoms with Crippen molar-refractivity contribution in [2.75, 3.05) is 26.9 Å². The Morgan fingerprint density at radius 2 is 2.05 bits per heavy atom. The van der Waals surface area contributed by atoms with Crippen molar-refractivity contribution in [3.8, 4) is 11.5 Å². The average molecular weight is 265 g/mol. The third kappa shape index (κ3) is 3.39. The molecule has 0 spiro atoms. The molecule has 4 nitrogen and oxygen atoms in total. The molecule has 1 fully saturated rings. The molecule has 1 aromatic rings. The Morgan fingerprint density at radius 3 is 2.68 bits per heavy atom. The maximum Gasteiger partial charge on any atom is 0.161 e. The predicted octanol–water partition coefficient (Wildman–Crippen LogP) is 2.52. The summed E-state index contributed by atoms with van der Waals surface area (Å²) in [5, 5.41) is 0. The summed E-state index contributed by atoms with van der Waals surface area (Å²) in [5.74, 6) is 2.01. The SMILES string of the molecule is CCOc1cc([C@@H](N)C2CCOCC2)ccc1OC. The van der Waals surface area contributed by atoms with E-state index < -0.39 is 0 Å². The summed E-state index contributed by atoms with van der Waals surface area (Å²) in [5.41, 5.74) is 7.48. The second-order valence-electron chi connectivity index (χ2n) is 4.82. The average Bonchev–Trinajstić information content (AvgIpc) is 2.47. The molecule has 0 bridgehead atoms. The maximum absolute atomic E-state index is 6.37. The first-order chi connectivity index (χ1) is 9.26. The molecule has 1 heterocycles. The van der Waals surface area contributed by atoms with Gasteiger partial charge in [-0.3, -0.25) is 0 Å². The van der Waals surface area contributed by atoms with Crippen molar-refractivity contribution in [2.24, 2.45) is 11.7 Å². The number of ether oxygens (including phenoxy) is 3. The first-order valence-electron chi connectivity index (χ1n) is 6.90. The van der Waals surface area contributed by atoms with Crippen molar-refractivity contribution in [2.45, 2.75) is 25.8 Å². The lowest BCUT2D eigenvalue weighted by Crippen LogP contribution is -2.27. The highest BCUT2D eigenvalue weighted by molar-refractivity contribution is 5.44. The highest BCUT2D eigenvalue weighted by Gasteiger charge is 2.23. The Labute approximate surface area is 114 Å². The summed E-state index contributed by atoms with van der Waals surface area (Å²) >= 11 is 0. The fraction of sp³-hybridized carbons (Fsp3) is 0.600. The summed E-state index contributed by atoms with van der Waals surface area (Å²) in [4.78, 5) is 0. The predicted molar refractivity (Wildman–Crippen MR) is 74.6 cm³/mol. The molecular formula is C15H23NO3. The van der Waals surface area contributed by atoms with Crippen molar-refractivity contribution in [1.82, 2.24) is 0 Å². The molecule has 1 aromatic carbocycles. The van der Waals surface area contributed by atoms with Crippen LogP contribution in [-0.4, -0.2) is 26.9 Å². The Hall–Kier alpha value is -1.26. The smallest absolute Gasteiger partial charge is 0.161 e. The van der Waals surface area contributed by atoms with Crippen LogP contribution in [0.1, 0.15) is 31.4 Å². The third-order valence-electron chi connectivity index (χ3n) is 3.65. The molecule has 0 amide bonds. The molecule has 1 atom stereocenters. The van der Waals surface area contributed by atoms with Gasteiger partial charge in [-0.15, -0.1) is 0 Å². The molecular weight excluding hydrogens is 242 g/mol. The third-order valence-corrected chi connectivity index (χ3v) is 3.65. The van der Waals surface area contributed by atoms with Gasteiger partial charge in [0.15, 0.2) is 11.5 Å². The van der Waals surface area contributed by atoms with E-state index in [4.69, 9.17) is 19.9 Å². The number of hydrogen-bond acceptors (Lipinski definition) is 4. The topological polar surface area (TPSA) is 53.7 Å². The van der Waals surface area contributed by atoms with E-state index in [1.807, 2.05) is 25.1 Å². The van der Waals surface area contributed by atoms with Crippen LogP contribution in [0.5, 0.6) is 11.5 Å². The Balaban J connectivity index is 2.16. The van der Waals surface area contributed by atoms with Crippen LogP contribution in [-0.2, 0) is 4.74 Å². The number of rotatable bonds is 5. The minimum absolute atomic E-state index is 0.0361. The zero-order chi connectivity index (χ0) is 13.7. The van der Waals surface area contributed by atoms with Crippen molar-refractivity contribution in [1.29, 1.82) is 0 Å². The lowest BCUT2D eigenvalue weighted by Gasteiger charge is -2.28. The van der Waals surface area contributed by atoms with Crippen LogP contribution in [0.15, 0.2) is 18.2 Å². The monoisotopic (exact) mass is 265 g/mol. The van der Waals surface area contributed by atoms with Crippen LogP contribution >= 0.6 is 0 Å². The Kier molecular flexibility index (Phi) is 5.05. The minimum atomic E-state index is 0.0361. The second kappa shape index (κ2) is 6.78. The van der Waals surface area contributed by atoms with Crippen LogP contribution in [0.25, 0.3) is 0 Å². The van der Waals surface area contributed by atoms with Gasteiger partial charge >= 0.3 is 0 Å². The van der Waals surface area contributed by atoms with E-state index in [9.17, 15) is 0 Å². The number of hydrogen-bond donors (Lipinski definition) is 1. The molecule has 106 valence electrons. The van der Waals surface area contributed by atoms with Crippen LogP contribution < -0.4 is 15.2 Å². The summed E-state index contributed by atoms with van der Waals surface area (Å²) in [6.45, 7) is 4.20. The van der Waals surface area contributed by atoms with E-state index in [0.717, 1.165) is 43.1 Å². The van der Waals surface area contributed by atoms with Gasteiger partial charge < -0.3 is 19.9 Å². The van der Waals surface area contributed by atoms with Crippen LogP contribution in [0.4, 0.5) is 0 Å². The van der Waals surface area contributed by atoms with Gasteiger partial charge in [0, 0.05) is 19.3 Å². The Bertz CT molecular complexity index is 402. The number of nitrogens with two attached hydrogens (primary N) is 1. The molecule has 1 saturated heterocycles. The van der Waals surface area contributed by atoms with Crippen molar-refractivity contribution in [3.63, 3.8) is 0 Å². The van der Waals surface area contributed by atoms with E-state index in [2.05, 4.69) is 0 Å². The highest BCUT2D eigenvalue weighted by atomic mass is 16.5. The maximum atomic E-state index is 6.37. The first-order valence-corrected chi connectivity index (χ1v) is 6.90. The first kappa shape index (κ1) is 14.2. The normalized spacial score (nSPS) is 18.1. The Morgan fingerprint density at radius 1 is 1.32 bits per heavy atom. The van der Waals surface area contributed by atoms with Crippen LogP contribution in [0.3, 0.4) is 0 Å². The molecule has 2 N–H and O–H groups in total. The second-order valence-corrected chi connectivity index (χ2v) is 4.82. The zero-order valence-electron chi connectivity index (χ0n) is 11.7. The van der Waals surface area contributed by atoms with Gasteiger partial charge in [-0.1, -0.05) is 6.07 Å². The van der Waals surface area contributed by atoms with E-state index in [0.29, 0.717) is 12.5 Å². The van der Waals surface area contributed by atoms with Gasteiger partial charge in [-0.2, -0.15) is 0 Å². The summed E-state index contributed by atoms with van der Waals surface area (Å²) in [7, 11) is 1.65. The molecule has 1 aliphatic heterocycles. The molecule has 0 radical (unpaired) electrons. The largest absolute Gasteiger partial charge is 0.493 e. The standard InChI is InChI=1S/C15H23NO3/c1-3-19-14-10-12(4-5-13(14)17-2)15(16)11-6-8-18-9-7-11/h4-5,10-11,15H,3,6-9,16H2,1-2H3/t15-/m0/s1. The molecule has 4 heteroatoms. The minimum Gasteiger partial charge on any atom is -0.493 e. The zero-order valence-corrected chi connectivity index (χ0v) is 11.7. The molecule has 2 rings (SSSR count). The van der Waals surface area contributed by atoms with Crippen molar-refractivity contribution in [3.05, 3.63) is 23.8 Å². The fourth-order valence-corrected chi connectivity index (χ4v) is 2.52. The van der Waals surface area contributed by atoms with E-state index in [1.165, 1.54) is 0 Å². The lowest BCUT2D eigenvalue weighted by atomic mass is 9.87. The van der Waals surface area contributed by atoms with Crippen LogP contribution in [0.2, 0.25) is 0 Å². The molecule has 0 aliphatic carbocycles. The summed E-state index contributed by atoms with van der Waals surface area (Å²) in [6, 6.07) is 6.00. The molecule has 19 heavy (non-hydrogen) atoms. The van der Waals surface area contributed by atoms with E-state index >= 15 is 0 Å². The van der Waals surface area contributed by atoms with Crippen molar-refractivity contribution >= 4 is 0 Å². The summed E-state index contributed by atoms with van der Waals surface area (Å²) < 4.78 is 16.3. The molecule has 0 saturated carbocycles. The van der Waals surface area contributed by atoms with Crippen LogP contribution in [0, 0.1) is 5.92 Å². The van der Waals surface area contributed by atoms with Gasteiger partial charge in [-0.05, 0) is 43.4 Å². The summed E-state index contributed by atoms with van der Waals surface area (Å²) in [6.07, 6.45) is 2.05. The van der Waals surface area contributed by atoms with Crippen molar-refractivity contribution < 1.29 is 14.2 Å². The van der Waals surface area contributed by atoms with E-state index in [-0.39, 0.29) is 6.04 Å². The molecule has 0 aromatic heterocycles. The van der Waals surface area contributed by atoms with Gasteiger partial charge in [0.2, 0.25) is 0 Å². The van der Waals surface area contributed by atoms with Gasteiger partial charge in [0.25, 0.3) is 0 Å².